The highest BCUT2D eigenvalue weighted by Crippen LogP contribution is 2.28. The van der Waals surface area contributed by atoms with Crippen molar-refractivity contribution in [1.29, 1.82) is 0 Å². The van der Waals surface area contributed by atoms with Crippen LogP contribution in [0.15, 0.2) is 0 Å². The first-order valence-electron chi connectivity index (χ1n) is 6.66. The van der Waals surface area contributed by atoms with Crippen LogP contribution in [0.1, 0.15) is 44.9 Å². The lowest BCUT2D eigenvalue weighted by atomic mass is 9.87. The van der Waals surface area contributed by atoms with E-state index in [2.05, 4.69) is 0 Å². The molecule has 1 heterocycles. The summed E-state index contributed by atoms with van der Waals surface area (Å²) in [5.41, 5.74) is 0. The van der Waals surface area contributed by atoms with E-state index < -0.39 is 11.9 Å². The number of carbonyl (C=O) groups is 3. The molecular formula is C13H19NO4. The Bertz CT molecular complexity index is 360. The summed E-state index contributed by atoms with van der Waals surface area (Å²) in [4.78, 5) is 36.2. The van der Waals surface area contributed by atoms with E-state index in [1.165, 1.54) is 4.90 Å². The molecule has 1 unspecified atom stereocenters. The Hall–Kier alpha value is -1.39. The van der Waals surface area contributed by atoms with E-state index in [1.807, 2.05) is 0 Å². The average molecular weight is 253 g/mol. The van der Waals surface area contributed by atoms with Gasteiger partial charge in [-0.3, -0.25) is 19.3 Å². The molecule has 0 aromatic carbocycles. The third-order valence-corrected chi connectivity index (χ3v) is 3.98. The third-order valence-electron chi connectivity index (χ3n) is 3.98. The molecule has 1 saturated carbocycles. The highest BCUT2D eigenvalue weighted by Gasteiger charge is 2.36. The average Bonchev–Trinajstić information content (AvgIpc) is 2.39. The summed E-state index contributed by atoms with van der Waals surface area (Å²) < 4.78 is 0. The Morgan fingerprint density at radius 3 is 2.33 bits per heavy atom. The number of amides is 2. The summed E-state index contributed by atoms with van der Waals surface area (Å²) in [5, 5.41) is 8.99. The zero-order chi connectivity index (χ0) is 13.1. The smallest absolute Gasteiger partial charge is 0.308 e. The van der Waals surface area contributed by atoms with Crippen molar-refractivity contribution < 1.29 is 19.5 Å². The Labute approximate surface area is 106 Å². The molecule has 0 spiro atoms. The van der Waals surface area contributed by atoms with E-state index >= 15 is 0 Å². The number of hydrogen-bond donors (Lipinski definition) is 1. The number of aliphatic carboxylic acids is 1. The second kappa shape index (κ2) is 5.50. The number of carbonyl (C=O) groups excluding carboxylic acids is 2. The minimum atomic E-state index is -0.913. The molecule has 1 aliphatic heterocycles. The van der Waals surface area contributed by atoms with Crippen LogP contribution in [0.2, 0.25) is 0 Å². The van der Waals surface area contributed by atoms with Crippen LogP contribution < -0.4 is 0 Å². The van der Waals surface area contributed by atoms with Gasteiger partial charge in [-0.15, -0.1) is 0 Å². The molecule has 5 nitrogen and oxygen atoms in total. The molecule has 0 aromatic heterocycles. The standard InChI is InChI=1S/C13H19NO4/c15-11-7-6-10(13(17)18)8-14(11)12(16)9-4-2-1-3-5-9/h9-10H,1-8H2,(H,17,18). The van der Waals surface area contributed by atoms with E-state index in [9.17, 15) is 14.4 Å². The van der Waals surface area contributed by atoms with E-state index in [0.29, 0.717) is 6.42 Å². The van der Waals surface area contributed by atoms with Crippen LogP contribution in [0.25, 0.3) is 0 Å². The van der Waals surface area contributed by atoms with Gasteiger partial charge < -0.3 is 5.11 Å². The number of likely N-dealkylation sites (tertiary alicyclic amines) is 1. The first-order chi connectivity index (χ1) is 8.59. The zero-order valence-corrected chi connectivity index (χ0v) is 10.4. The van der Waals surface area contributed by atoms with E-state index in [0.717, 1.165) is 32.1 Å². The number of hydrogen-bond acceptors (Lipinski definition) is 3. The second-order valence-corrected chi connectivity index (χ2v) is 5.25. The molecule has 0 radical (unpaired) electrons. The van der Waals surface area contributed by atoms with Crippen LogP contribution in [-0.4, -0.2) is 34.3 Å². The SMILES string of the molecule is O=C(O)C1CCC(=O)N(C(=O)C2CCCCC2)C1. The van der Waals surface area contributed by atoms with Crippen molar-refractivity contribution in [2.75, 3.05) is 6.54 Å². The predicted molar refractivity (Wildman–Crippen MR) is 63.7 cm³/mol. The van der Waals surface area contributed by atoms with E-state index in [4.69, 9.17) is 5.11 Å². The van der Waals surface area contributed by atoms with Crippen LogP contribution in [0, 0.1) is 11.8 Å². The highest BCUT2D eigenvalue weighted by atomic mass is 16.4. The summed E-state index contributed by atoms with van der Waals surface area (Å²) in [6, 6.07) is 0. The van der Waals surface area contributed by atoms with Gasteiger partial charge in [-0.1, -0.05) is 19.3 Å². The maximum atomic E-state index is 12.2. The molecule has 1 N–H and O–H groups in total. The van der Waals surface area contributed by atoms with Crippen molar-refractivity contribution in [1.82, 2.24) is 4.90 Å². The molecule has 1 atom stereocenters. The summed E-state index contributed by atoms with van der Waals surface area (Å²) in [7, 11) is 0. The van der Waals surface area contributed by atoms with Gasteiger partial charge in [0, 0.05) is 18.9 Å². The van der Waals surface area contributed by atoms with Gasteiger partial charge in [0.15, 0.2) is 0 Å². The topological polar surface area (TPSA) is 74.7 Å². The Balaban J connectivity index is 2.02. The third kappa shape index (κ3) is 2.71. The van der Waals surface area contributed by atoms with Crippen LogP contribution in [0.4, 0.5) is 0 Å². The Kier molecular flexibility index (Phi) is 3.99. The van der Waals surface area contributed by atoms with Crippen molar-refractivity contribution in [2.24, 2.45) is 11.8 Å². The predicted octanol–water partition coefficient (Wildman–Crippen LogP) is 1.42. The molecule has 1 saturated heterocycles. The van der Waals surface area contributed by atoms with Gasteiger partial charge in [0.25, 0.3) is 0 Å². The van der Waals surface area contributed by atoms with Crippen LogP contribution in [0.3, 0.4) is 0 Å². The Morgan fingerprint density at radius 1 is 1.06 bits per heavy atom. The van der Waals surface area contributed by atoms with Gasteiger partial charge >= 0.3 is 5.97 Å². The molecule has 100 valence electrons. The van der Waals surface area contributed by atoms with Gasteiger partial charge in [-0.2, -0.15) is 0 Å². The van der Waals surface area contributed by atoms with Crippen molar-refractivity contribution in [3.8, 4) is 0 Å². The summed E-state index contributed by atoms with van der Waals surface area (Å²) in [6.45, 7) is 0.0590. The van der Waals surface area contributed by atoms with Crippen molar-refractivity contribution >= 4 is 17.8 Å². The maximum absolute atomic E-state index is 12.2. The molecule has 5 heteroatoms. The van der Waals surface area contributed by atoms with Crippen LogP contribution in [-0.2, 0) is 14.4 Å². The first kappa shape index (κ1) is 13.1. The quantitative estimate of drug-likeness (QED) is 0.755. The lowest BCUT2D eigenvalue weighted by Crippen LogP contribution is -2.48. The zero-order valence-electron chi connectivity index (χ0n) is 10.4. The lowest BCUT2D eigenvalue weighted by molar-refractivity contribution is -0.155. The summed E-state index contributed by atoms with van der Waals surface area (Å²) in [6.07, 6.45) is 5.40. The number of imide groups is 1. The largest absolute Gasteiger partial charge is 0.481 e. The molecule has 2 amide bonds. The van der Waals surface area contributed by atoms with Crippen molar-refractivity contribution in [3.63, 3.8) is 0 Å². The summed E-state index contributed by atoms with van der Waals surface area (Å²) in [5.74, 6) is -1.93. The van der Waals surface area contributed by atoms with E-state index in [1.54, 1.807) is 0 Å². The minimum Gasteiger partial charge on any atom is -0.481 e. The monoisotopic (exact) mass is 253 g/mol. The van der Waals surface area contributed by atoms with Crippen LogP contribution >= 0.6 is 0 Å². The lowest BCUT2D eigenvalue weighted by Gasteiger charge is -2.32. The highest BCUT2D eigenvalue weighted by molar-refractivity contribution is 5.97. The van der Waals surface area contributed by atoms with Gasteiger partial charge in [0.2, 0.25) is 11.8 Å². The molecule has 2 aliphatic rings. The second-order valence-electron chi connectivity index (χ2n) is 5.25. The normalized spacial score (nSPS) is 26.1. The summed E-state index contributed by atoms with van der Waals surface area (Å²) >= 11 is 0. The van der Waals surface area contributed by atoms with Gasteiger partial charge in [0.05, 0.1) is 5.92 Å². The molecule has 2 rings (SSSR count). The number of rotatable bonds is 2. The molecule has 2 fully saturated rings. The molecule has 1 aliphatic carbocycles. The van der Waals surface area contributed by atoms with Crippen molar-refractivity contribution in [3.05, 3.63) is 0 Å². The number of nitrogens with zero attached hydrogens (tertiary/aromatic N) is 1. The maximum Gasteiger partial charge on any atom is 0.308 e. The fourth-order valence-corrected chi connectivity index (χ4v) is 2.83. The van der Waals surface area contributed by atoms with Crippen molar-refractivity contribution in [2.45, 2.75) is 44.9 Å². The number of carboxylic acid groups (broad SMARTS) is 1. The first-order valence-corrected chi connectivity index (χ1v) is 6.66. The molecular weight excluding hydrogens is 234 g/mol. The van der Waals surface area contributed by atoms with Crippen LogP contribution in [0.5, 0.6) is 0 Å². The molecule has 0 bridgehead atoms. The van der Waals surface area contributed by atoms with Gasteiger partial charge in [-0.25, -0.2) is 0 Å². The minimum absolute atomic E-state index is 0.0590. The van der Waals surface area contributed by atoms with Gasteiger partial charge in [0.1, 0.15) is 0 Å². The molecule has 18 heavy (non-hydrogen) atoms. The van der Waals surface area contributed by atoms with Gasteiger partial charge in [-0.05, 0) is 19.3 Å². The molecule has 0 aromatic rings. The Morgan fingerprint density at radius 2 is 1.72 bits per heavy atom. The van der Waals surface area contributed by atoms with E-state index in [-0.39, 0.29) is 30.7 Å². The number of carboxylic acids is 1. The number of piperidine rings is 1. The fraction of sp³-hybridized carbons (Fsp3) is 0.769. The fourth-order valence-electron chi connectivity index (χ4n) is 2.83.